The molecule has 2 aliphatic heterocycles. The fourth-order valence-electron chi connectivity index (χ4n) is 2.03. The lowest BCUT2D eigenvalue weighted by molar-refractivity contribution is -0.158. The average molecular weight is 227 g/mol. The first-order valence-electron chi connectivity index (χ1n) is 5.79. The second kappa shape index (κ2) is 5.41. The number of hydrogen-bond acceptors (Lipinski definition) is 5. The fourth-order valence-corrected chi connectivity index (χ4v) is 2.03. The van der Waals surface area contributed by atoms with Crippen molar-refractivity contribution in [2.45, 2.75) is 25.4 Å². The van der Waals surface area contributed by atoms with Crippen molar-refractivity contribution < 1.29 is 19.1 Å². The van der Waals surface area contributed by atoms with E-state index in [1.807, 2.05) is 4.90 Å². The molecule has 2 heterocycles. The van der Waals surface area contributed by atoms with Crippen molar-refractivity contribution in [3.8, 4) is 0 Å². The van der Waals surface area contributed by atoms with Crippen LogP contribution in [-0.4, -0.2) is 55.6 Å². The van der Waals surface area contributed by atoms with E-state index in [1.54, 1.807) is 0 Å². The molecule has 1 unspecified atom stereocenters. The smallest absolute Gasteiger partial charge is 0.376 e. The highest BCUT2D eigenvalue weighted by Gasteiger charge is 2.26. The summed E-state index contributed by atoms with van der Waals surface area (Å²) in [4.78, 5) is 25.0. The molecule has 5 nitrogen and oxygen atoms in total. The van der Waals surface area contributed by atoms with Crippen LogP contribution in [0.25, 0.3) is 0 Å². The minimum absolute atomic E-state index is 0.201. The van der Waals surface area contributed by atoms with Crippen LogP contribution in [0.3, 0.4) is 0 Å². The quantitative estimate of drug-likeness (QED) is 0.499. The van der Waals surface area contributed by atoms with Crippen LogP contribution in [0, 0.1) is 0 Å². The molecule has 90 valence electrons. The summed E-state index contributed by atoms with van der Waals surface area (Å²) in [5.41, 5.74) is 0. The molecular weight excluding hydrogens is 210 g/mol. The van der Waals surface area contributed by atoms with Crippen LogP contribution in [0.1, 0.15) is 19.3 Å². The topological polar surface area (TPSA) is 55.8 Å². The predicted molar refractivity (Wildman–Crippen MR) is 56.0 cm³/mol. The third-order valence-corrected chi connectivity index (χ3v) is 2.96. The van der Waals surface area contributed by atoms with Crippen molar-refractivity contribution in [1.29, 1.82) is 0 Å². The fraction of sp³-hybridized carbons (Fsp3) is 0.818. The number of likely N-dealkylation sites (tertiary alicyclic amines) is 1. The van der Waals surface area contributed by atoms with Gasteiger partial charge in [-0.2, -0.15) is 0 Å². The molecule has 0 bridgehead atoms. The number of Topliss-reactive ketones (excluding diaryl/α,β-unsaturated/α-hetero) is 1. The number of esters is 1. The number of carbonyl (C=O) groups is 2. The summed E-state index contributed by atoms with van der Waals surface area (Å²) in [6.45, 7) is 3.05. The molecule has 5 heteroatoms. The van der Waals surface area contributed by atoms with Crippen LogP contribution in [0.4, 0.5) is 0 Å². The van der Waals surface area contributed by atoms with E-state index in [0.717, 1.165) is 25.9 Å². The van der Waals surface area contributed by atoms with Gasteiger partial charge in [-0.1, -0.05) is 0 Å². The number of nitrogens with zero attached hydrogens (tertiary/aromatic N) is 1. The van der Waals surface area contributed by atoms with Crippen LogP contribution in [0.2, 0.25) is 0 Å². The van der Waals surface area contributed by atoms with Crippen LogP contribution < -0.4 is 0 Å². The molecule has 0 spiro atoms. The Hall–Kier alpha value is -0.940. The lowest BCUT2D eigenvalue weighted by atomic mass is 10.3. The summed E-state index contributed by atoms with van der Waals surface area (Å²) in [7, 11) is 0. The van der Waals surface area contributed by atoms with Crippen molar-refractivity contribution >= 4 is 11.8 Å². The molecule has 16 heavy (non-hydrogen) atoms. The molecule has 0 amide bonds. The minimum atomic E-state index is -0.706. The van der Waals surface area contributed by atoms with E-state index < -0.39 is 11.8 Å². The molecule has 1 atom stereocenters. The van der Waals surface area contributed by atoms with Crippen molar-refractivity contribution in [3.05, 3.63) is 0 Å². The zero-order valence-electron chi connectivity index (χ0n) is 9.31. The SMILES string of the molecule is O=C(CN1CCCC1)C(=O)OC1CCOC1. The van der Waals surface area contributed by atoms with E-state index >= 15 is 0 Å². The number of rotatable bonds is 4. The van der Waals surface area contributed by atoms with E-state index in [4.69, 9.17) is 9.47 Å². The zero-order chi connectivity index (χ0) is 11.4. The molecule has 2 saturated heterocycles. The first kappa shape index (κ1) is 11.5. The Morgan fingerprint density at radius 3 is 2.69 bits per heavy atom. The molecular formula is C11H17NO4. The van der Waals surface area contributed by atoms with Crippen molar-refractivity contribution in [3.63, 3.8) is 0 Å². The van der Waals surface area contributed by atoms with Crippen LogP contribution in [-0.2, 0) is 19.1 Å². The summed E-state index contributed by atoms with van der Waals surface area (Å²) in [5, 5.41) is 0. The lowest BCUT2D eigenvalue weighted by Crippen LogP contribution is -2.34. The Morgan fingerprint density at radius 1 is 1.31 bits per heavy atom. The zero-order valence-corrected chi connectivity index (χ0v) is 9.31. The van der Waals surface area contributed by atoms with Gasteiger partial charge in [0, 0.05) is 6.42 Å². The maximum atomic E-state index is 11.5. The van der Waals surface area contributed by atoms with E-state index in [2.05, 4.69) is 0 Å². The van der Waals surface area contributed by atoms with Crippen molar-refractivity contribution in [1.82, 2.24) is 4.90 Å². The molecule has 0 aromatic rings. The third kappa shape index (κ3) is 3.02. The number of ketones is 1. The van der Waals surface area contributed by atoms with Crippen LogP contribution in [0.15, 0.2) is 0 Å². The maximum Gasteiger partial charge on any atom is 0.376 e. The Labute approximate surface area is 94.7 Å². The monoisotopic (exact) mass is 227 g/mol. The van der Waals surface area contributed by atoms with E-state index in [1.165, 1.54) is 0 Å². The highest BCUT2D eigenvalue weighted by atomic mass is 16.6. The summed E-state index contributed by atoms with van der Waals surface area (Å²) < 4.78 is 10.1. The average Bonchev–Trinajstić information content (AvgIpc) is 2.90. The van der Waals surface area contributed by atoms with E-state index in [0.29, 0.717) is 19.6 Å². The van der Waals surface area contributed by atoms with Crippen molar-refractivity contribution in [2.24, 2.45) is 0 Å². The van der Waals surface area contributed by atoms with Crippen molar-refractivity contribution in [2.75, 3.05) is 32.8 Å². The van der Waals surface area contributed by atoms with Gasteiger partial charge in [-0.15, -0.1) is 0 Å². The number of carbonyl (C=O) groups excluding carboxylic acids is 2. The molecule has 0 N–H and O–H groups in total. The molecule has 2 fully saturated rings. The lowest BCUT2D eigenvalue weighted by Gasteiger charge is -2.14. The molecule has 0 radical (unpaired) electrons. The van der Waals surface area contributed by atoms with E-state index in [9.17, 15) is 9.59 Å². The van der Waals surface area contributed by atoms with Gasteiger partial charge < -0.3 is 9.47 Å². The molecule has 0 aromatic carbocycles. The van der Waals surface area contributed by atoms with Crippen LogP contribution in [0.5, 0.6) is 0 Å². The standard InChI is InChI=1S/C11H17NO4/c13-10(7-12-4-1-2-5-12)11(14)16-9-3-6-15-8-9/h9H,1-8H2. The highest BCUT2D eigenvalue weighted by molar-refractivity contribution is 6.34. The van der Waals surface area contributed by atoms with Gasteiger partial charge in [0.15, 0.2) is 0 Å². The Bertz CT molecular complexity index is 239. The van der Waals surface area contributed by atoms with Gasteiger partial charge in [0.1, 0.15) is 6.10 Å². The number of ether oxygens (including phenoxy) is 2. The highest BCUT2D eigenvalue weighted by Crippen LogP contribution is 2.10. The largest absolute Gasteiger partial charge is 0.454 e. The summed E-state index contributed by atoms with van der Waals surface area (Å²) in [6, 6.07) is 0. The maximum absolute atomic E-state index is 11.5. The Morgan fingerprint density at radius 2 is 2.06 bits per heavy atom. The van der Waals surface area contributed by atoms with Gasteiger partial charge in [-0.3, -0.25) is 9.69 Å². The molecule has 0 aromatic heterocycles. The second-order valence-electron chi connectivity index (χ2n) is 4.30. The van der Waals surface area contributed by atoms with Crippen LogP contribution >= 0.6 is 0 Å². The van der Waals surface area contributed by atoms with Gasteiger partial charge in [0.05, 0.1) is 19.8 Å². The molecule has 0 saturated carbocycles. The Kier molecular flexibility index (Phi) is 3.90. The molecule has 2 aliphatic rings. The van der Waals surface area contributed by atoms with Gasteiger partial charge in [0.2, 0.25) is 0 Å². The summed E-state index contributed by atoms with van der Waals surface area (Å²) in [6.07, 6.45) is 2.69. The van der Waals surface area contributed by atoms with Gasteiger partial charge >= 0.3 is 5.97 Å². The van der Waals surface area contributed by atoms with Gasteiger partial charge in [-0.25, -0.2) is 4.79 Å². The summed E-state index contributed by atoms with van der Waals surface area (Å²) >= 11 is 0. The third-order valence-electron chi connectivity index (χ3n) is 2.96. The predicted octanol–water partition coefficient (Wildman–Crippen LogP) is -0.0166. The second-order valence-corrected chi connectivity index (χ2v) is 4.30. The van der Waals surface area contributed by atoms with Gasteiger partial charge in [0.25, 0.3) is 5.78 Å². The Balaban J connectivity index is 1.72. The minimum Gasteiger partial charge on any atom is -0.454 e. The van der Waals surface area contributed by atoms with E-state index in [-0.39, 0.29) is 12.6 Å². The first-order valence-corrected chi connectivity index (χ1v) is 5.79. The summed E-state index contributed by atoms with van der Waals surface area (Å²) in [5.74, 6) is -1.14. The first-order chi connectivity index (χ1) is 7.75. The molecule has 0 aliphatic carbocycles. The normalized spacial score (nSPS) is 25.9. The van der Waals surface area contributed by atoms with Gasteiger partial charge in [-0.05, 0) is 25.9 Å². The number of hydrogen-bond donors (Lipinski definition) is 0. The molecule has 2 rings (SSSR count).